The summed E-state index contributed by atoms with van der Waals surface area (Å²) in [7, 11) is 0. The maximum absolute atomic E-state index is 11.8. The summed E-state index contributed by atoms with van der Waals surface area (Å²) in [5.41, 5.74) is 5.40. The van der Waals surface area contributed by atoms with Gasteiger partial charge in [0.25, 0.3) is 0 Å². The van der Waals surface area contributed by atoms with Crippen molar-refractivity contribution in [1.29, 1.82) is 0 Å². The molecule has 0 aromatic heterocycles. The first-order valence-electron chi connectivity index (χ1n) is 5.79. The van der Waals surface area contributed by atoms with Crippen LogP contribution in [0.25, 0.3) is 0 Å². The quantitative estimate of drug-likeness (QED) is 0.630. The average Bonchev–Trinajstić information content (AvgIpc) is 2.98. The van der Waals surface area contributed by atoms with Crippen LogP contribution in [0.15, 0.2) is 0 Å². The fraction of sp³-hybridized carbons (Fsp3) is 0.909. The number of unbranched alkanes of at least 4 members (excludes halogenated alkanes) is 1. The predicted molar refractivity (Wildman–Crippen MR) is 57.9 cm³/mol. The average molecular weight is 198 g/mol. The molecule has 0 heterocycles. The van der Waals surface area contributed by atoms with Gasteiger partial charge in [0.05, 0.1) is 0 Å². The molecule has 0 saturated heterocycles. The molecule has 0 aromatic rings. The molecular weight excluding hydrogens is 176 g/mol. The summed E-state index contributed by atoms with van der Waals surface area (Å²) in [5.74, 6) is 0.336. The van der Waals surface area contributed by atoms with E-state index >= 15 is 0 Å². The lowest BCUT2D eigenvalue weighted by Crippen LogP contribution is -2.33. The van der Waals surface area contributed by atoms with E-state index < -0.39 is 0 Å². The topological polar surface area (TPSA) is 46.3 Å². The molecule has 1 amide bonds. The normalized spacial score (nSPS) is 15.6. The van der Waals surface area contributed by atoms with E-state index in [4.69, 9.17) is 5.73 Å². The second kappa shape index (κ2) is 6.02. The Hall–Kier alpha value is -0.570. The monoisotopic (exact) mass is 198 g/mol. The Balaban J connectivity index is 2.23. The first-order chi connectivity index (χ1) is 6.79. The van der Waals surface area contributed by atoms with Crippen LogP contribution in [-0.2, 0) is 4.79 Å². The summed E-state index contributed by atoms with van der Waals surface area (Å²) in [6.45, 7) is 3.76. The minimum Gasteiger partial charge on any atom is -0.340 e. The van der Waals surface area contributed by atoms with Gasteiger partial charge in [0.1, 0.15) is 0 Å². The van der Waals surface area contributed by atoms with Crippen molar-refractivity contribution in [3.05, 3.63) is 0 Å². The van der Waals surface area contributed by atoms with Crippen LogP contribution in [0.3, 0.4) is 0 Å². The van der Waals surface area contributed by atoms with Gasteiger partial charge in [0, 0.05) is 19.0 Å². The lowest BCUT2D eigenvalue weighted by molar-refractivity contribution is -0.131. The Kier molecular flexibility index (Phi) is 4.94. The van der Waals surface area contributed by atoms with Gasteiger partial charge in [0.15, 0.2) is 0 Å². The van der Waals surface area contributed by atoms with Gasteiger partial charge in [-0.15, -0.1) is 0 Å². The highest BCUT2D eigenvalue weighted by molar-refractivity contribution is 5.76. The van der Waals surface area contributed by atoms with Crippen LogP contribution in [-0.4, -0.2) is 29.9 Å². The van der Waals surface area contributed by atoms with Gasteiger partial charge < -0.3 is 10.6 Å². The maximum Gasteiger partial charge on any atom is 0.222 e. The molecule has 0 radical (unpaired) electrons. The molecule has 1 aliphatic rings. The summed E-state index contributed by atoms with van der Waals surface area (Å²) in [6, 6.07) is 0.570. The van der Waals surface area contributed by atoms with Crippen molar-refractivity contribution in [2.75, 3.05) is 13.1 Å². The van der Waals surface area contributed by atoms with Crippen molar-refractivity contribution in [2.45, 2.75) is 51.5 Å². The van der Waals surface area contributed by atoms with Gasteiger partial charge in [-0.1, -0.05) is 6.92 Å². The zero-order chi connectivity index (χ0) is 10.4. The molecule has 1 saturated carbocycles. The van der Waals surface area contributed by atoms with Crippen molar-refractivity contribution in [2.24, 2.45) is 5.73 Å². The van der Waals surface area contributed by atoms with E-state index in [0.29, 0.717) is 24.9 Å². The second-order valence-corrected chi connectivity index (χ2v) is 4.06. The molecule has 0 aromatic carbocycles. The van der Waals surface area contributed by atoms with Crippen LogP contribution in [0.2, 0.25) is 0 Å². The number of carbonyl (C=O) groups excluding carboxylic acids is 1. The summed E-state index contributed by atoms with van der Waals surface area (Å²) < 4.78 is 0. The summed E-state index contributed by atoms with van der Waals surface area (Å²) in [6.07, 6.45) is 6.09. The van der Waals surface area contributed by atoms with E-state index in [1.165, 1.54) is 12.8 Å². The number of amides is 1. The minimum absolute atomic E-state index is 0.336. The van der Waals surface area contributed by atoms with Gasteiger partial charge in [-0.05, 0) is 38.6 Å². The zero-order valence-electron chi connectivity index (χ0n) is 9.17. The van der Waals surface area contributed by atoms with Crippen LogP contribution in [0.4, 0.5) is 0 Å². The lowest BCUT2D eigenvalue weighted by atomic mass is 10.2. The molecule has 0 atom stereocenters. The molecule has 3 nitrogen and oxygen atoms in total. The van der Waals surface area contributed by atoms with Gasteiger partial charge in [-0.3, -0.25) is 4.79 Å². The highest BCUT2D eigenvalue weighted by Gasteiger charge is 2.31. The predicted octanol–water partition coefficient (Wildman–Crippen LogP) is 1.52. The Morgan fingerprint density at radius 3 is 2.64 bits per heavy atom. The number of hydrogen-bond acceptors (Lipinski definition) is 2. The molecular formula is C11H22N2O. The largest absolute Gasteiger partial charge is 0.340 e. The summed E-state index contributed by atoms with van der Waals surface area (Å²) in [4.78, 5) is 13.8. The van der Waals surface area contributed by atoms with Gasteiger partial charge in [-0.2, -0.15) is 0 Å². The molecule has 2 N–H and O–H groups in total. The number of nitrogens with two attached hydrogens (primary N) is 1. The van der Waals surface area contributed by atoms with Gasteiger partial charge in [0.2, 0.25) is 5.91 Å². The third-order valence-corrected chi connectivity index (χ3v) is 2.62. The molecule has 1 rings (SSSR count). The SMILES string of the molecule is CCCN(C(=O)CCCCN)C1CC1. The molecule has 3 heteroatoms. The van der Waals surface area contributed by atoms with Gasteiger partial charge >= 0.3 is 0 Å². The summed E-state index contributed by atoms with van der Waals surface area (Å²) in [5, 5.41) is 0. The molecule has 14 heavy (non-hydrogen) atoms. The minimum atomic E-state index is 0.336. The Morgan fingerprint density at radius 1 is 1.43 bits per heavy atom. The number of nitrogens with zero attached hydrogens (tertiary/aromatic N) is 1. The molecule has 0 aliphatic heterocycles. The highest BCUT2D eigenvalue weighted by Crippen LogP contribution is 2.27. The molecule has 0 bridgehead atoms. The molecule has 1 aliphatic carbocycles. The lowest BCUT2D eigenvalue weighted by Gasteiger charge is -2.21. The zero-order valence-corrected chi connectivity index (χ0v) is 9.17. The Morgan fingerprint density at radius 2 is 2.14 bits per heavy atom. The van der Waals surface area contributed by atoms with Crippen molar-refractivity contribution in [3.63, 3.8) is 0 Å². The smallest absolute Gasteiger partial charge is 0.222 e. The van der Waals surface area contributed by atoms with E-state index in [-0.39, 0.29) is 0 Å². The fourth-order valence-electron chi connectivity index (χ4n) is 1.70. The highest BCUT2D eigenvalue weighted by atomic mass is 16.2. The van der Waals surface area contributed by atoms with Crippen LogP contribution in [0.1, 0.15) is 45.4 Å². The number of hydrogen-bond donors (Lipinski definition) is 1. The van der Waals surface area contributed by atoms with Crippen LogP contribution in [0, 0.1) is 0 Å². The van der Waals surface area contributed by atoms with E-state index in [0.717, 1.165) is 25.8 Å². The molecule has 0 unspecified atom stereocenters. The van der Waals surface area contributed by atoms with Crippen molar-refractivity contribution < 1.29 is 4.79 Å². The fourth-order valence-corrected chi connectivity index (χ4v) is 1.70. The number of rotatable bonds is 7. The Bertz CT molecular complexity index is 178. The standard InChI is InChI=1S/C11H22N2O/c1-2-9-13(10-6-7-10)11(14)5-3-4-8-12/h10H,2-9,12H2,1H3. The van der Waals surface area contributed by atoms with Crippen LogP contribution in [0.5, 0.6) is 0 Å². The van der Waals surface area contributed by atoms with Gasteiger partial charge in [-0.25, -0.2) is 0 Å². The first-order valence-corrected chi connectivity index (χ1v) is 5.79. The molecule has 1 fully saturated rings. The van der Waals surface area contributed by atoms with Crippen LogP contribution >= 0.6 is 0 Å². The molecule has 0 spiro atoms. The third-order valence-electron chi connectivity index (χ3n) is 2.62. The van der Waals surface area contributed by atoms with E-state index in [1.54, 1.807) is 0 Å². The van der Waals surface area contributed by atoms with Crippen LogP contribution < -0.4 is 5.73 Å². The van der Waals surface area contributed by atoms with Crippen molar-refractivity contribution >= 4 is 5.91 Å². The number of carbonyl (C=O) groups is 1. The Labute approximate surface area is 86.6 Å². The van der Waals surface area contributed by atoms with E-state index in [1.807, 2.05) is 0 Å². The second-order valence-electron chi connectivity index (χ2n) is 4.06. The van der Waals surface area contributed by atoms with E-state index in [2.05, 4.69) is 11.8 Å². The third kappa shape index (κ3) is 3.66. The molecule has 82 valence electrons. The summed E-state index contributed by atoms with van der Waals surface area (Å²) >= 11 is 0. The van der Waals surface area contributed by atoms with E-state index in [9.17, 15) is 4.79 Å². The maximum atomic E-state index is 11.8. The first kappa shape index (κ1) is 11.5. The van der Waals surface area contributed by atoms with Crippen molar-refractivity contribution in [3.8, 4) is 0 Å². The van der Waals surface area contributed by atoms with Crippen molar-refractivity contribution in [1.82, 2.24) is 4.90 Å².